The number of benzene rings is 1. The number of amides is 3. The fourth-order valence-electron chi connectivity index (χ4n) is 4.26. The number of hydrogen-bond donors (Lipinski definition) is 3. The van der Waals surface area contributed by atoms with E-state index < -0.39 is 11.1 Å². The first kappa shape index (κ1) is 25.4. The van der Waals surface area contributed by atoms with Crippen LogP contribution in [0.4, 0.5) is 5.69 Å². The van der Waals surface area contributed by atoms with Gasteiger partial charge in [0.2, 0.25) is 17.7 Å². The maximum Gasteiger partial charge on any atom is 0.253 e. The highest BCUT2D eigenvalue weighted by Crippen LogP contribution is 2.34. The largest absolute Gasteiger partial charge is 0.347 e. The first-order valence-electron chi connectivity index (χ1n) is 11.9. The molecule has 1 fully saturated rings. The molecule has 9 nitrogen and oxygen atoms in total. The van der Waals surface area contributed by atoms with Crippen LogP contribution < -0.4 is 16.0 Å². The second-order valence-corrected chi connectivity index (χ2v) is 9.99. The molecule has 0 aliphatic heterocycles. The van der Waals surface area contributed by atoms with Crippen LogP contribution in [0.15, 0.2) is 28.8 Å². The Kier molecular flexibility index (Phi) is 8.06. The van der Waals surface area contributed by atoms with Crippen molar-refractivity contribution in [3.05, 3.63) is 41.5 Å². The Balaban J connectivity index is 1.65. The van der Waals surface area contributed by atoms with Gasteiger partial charge in [0.05, 0.1) is 11.3 Å². The van der Waals surface area contributed by atoms with Gasteiger partial charge < -0.3 is 20.5 Å². The number of nitrogens with zero attached hydrogens (tertiary/aromatic N) is 2. The summed E-state index contributed by atoms with van der Waals surface area (Å²) < 4.78 is 5.43. The average molecular weight is 470 g/mol. The molecule has 3 amide bonds. The highest BCUT2D eigenvalue weighted by Gasteiger charge is 2.38. The summed E-state index contributed by atoms with van der Waals surface area (Å²) >= 11 is 0. The number of anilines is 1. The normalized spacial score (nSPS) is 15.8. The molecule has 0 unspecified atom stereocenters. The average Bonchev–Trinajstić information content (AvgIpc) is 3.11. The number of para-hydroxylation sites is 1. The van der Waals surface area contributed by atoms with Crippen molar-refractivity contribution in [2.75, 3.05) is 5.32 Å². The summed E-state index contributed by atoms with van der Waals surface area (Å²) in [6, 6.07) is 6.90. The summed E-state index contributed by atoms with van der Waals surface area (Å²) in [6.45, 7) is 7.19. The topological polar surface area (TPSA) is 126 Å². The molecule has 0 saturated heterocycles. The van der Waals surface area contributed by atoms with Gasteiger partial charge >= 0.3 is 0 Å². The number of rotatable bonds is 7. The predicted molar refractivity (Wildman–Crippen MR) is 128 cm³/mol. The third-order valence-electron chi connectivity index (χ3n) is 5.77. The Hall–Kier alpha value is -3.23. The minimum Gasteiger partial charge on any atom is -0.347 e. The minimum atomic E-state index is -0.619. The van der Waals surface area contributed by atoms with Crippen molar-refractivity contribution in [2.45, 2.75) is 90.1 Å². The first-order chi connectivity index (χ1) is 16.1. The van der Waals surface area contributed by atoms with Crippen LogP contribution >= 0.6 is 0 Å². The van der Waals surface area contributed by atoms with Crippen LogP contribution in [0, 0.1) is 0 Å². The van der Waals surface area contributed by atoms with E-state index in [0.29, 0.717) is 23.0 Å². The van der Waals surface area contributed by atoms with Gasteiger partial charge in [0.1, 0.15) is 5.54 Å². The van der Waals surface area contributed by atoms with E-state index in [1.807, 2.05) is 20.8 Å². The first-order valence-corrected chi connectivity index (χ1v) is 11.9. The lowest BCUT2D eigenvalue weighted by Crippen LogP contribution is -2.45. The maximum atomic E-state index is 12.6. The van der Waals surface area contributed by atoms with E-state index in [1.165, 1.54) is 6.92 Å². The van der Waals surface area contributed by atoms with Crippen LogP contribution in [0.5, 0.6) is 0 Å². The molecule has 0 atom stereocenters. The molecule has 2 aromatic rings. The number of nitrogens with one attached hydrogen (secondary N) is 3. The molecule has 1 heterocycles. The van der Waals surface area contributed by atoms with Crippen LogP contribution in [-0.4, -0.2) is 33.4 Å². The zero-order chi connectivity index (χ0) is 24.8. The number of carbonyl (C=O) groups is 3. The molecule has 1 aromatic heterocycles. The van der Waals surface area contributed by atoms with Gasteiger partial charge in [0.25, 0.3) is 5.91 Å². The quantitative estimate of drug-likeness (QED) is 0.529. The highest BCUT2D eigenvalue weighted by atomic mass is 16.5. The van der Waals surface area contributed by atoms with Crippen molar-refractivity contribution in [2.24, 2.45) is 0 Å². The minimum absolute atomic E-state index is 0.115. The van der Waals surface area contributed by atoms with Crippen molar-refractivity contribution in [1.82, 2.24) is 20.8 Å². The van der Waals surface area contributed by atoms with Crippen LogP contribution in [0.2, 0.25) is 0 Å². The van der Waals surface area contributed by atoms with E-state index in [0.717, 1.165) is 38.5 Å². The monoisotopic (exact) mass is 469 g/mol. The van der Waals surface area contributed by atoms with Gasteiger partial charge in [-0.1, -0.05) is 43.0 Å². The van der Waals surface area contributed by atoms with E-state index >= 15 is 0 Å². The van der Waals surface area contributed by atoms with Crippen LogP contribution in [0.3, 0.4) is 0 Å². The molecule has 1 aliphatic rings. The number of aryl methyl sites for hydroxylation is 1. The highest BCUT2D eigenvalue weighted by molar-refractivity contribution is 6.04. The van der Waals surface area contributed by atoms with Crippen molar-refractivity contribution < 1.29 is 18.9 Å². The van der Waals surface area contributed by atoms with E-state index in [1.54, 1.807) is 24.3 Å². The molecule has 0 bridgehead atoms. The molecule has 184 valence electrons. The molecule has 1 aliphatic carbocycles. The Morgan fingerprint density at radius 3 is 2.38 bits per heavy atom. The van der Waals surface area contributed by atoms with E-state index in [-0.39, 0.29) is 30.6 Å². The second-order valence-electron chi connectivity index (χ2n) is 9.99. The second kappa shape index (κ2) is 10.8. The Morgan fingerprint density at radius 1 is 1.06 bits per heavy atom. The summed E-state index contributed by atoms with van der Waals surface area (Å²) in [4.78, 5) is 41.6. The van der Waals surface area contributed by atoms with Crippen LogP contribution in [0.25, 0.3) is 0 Å². The third kappa shape index (κ3) is 6.88. The smallest absolute Gasteiger partial charge is 0.253 e. The Bertz CT molecular complexity index is 1020. The van der Waals surface area contributed by atoms with Gasteiger partial charge in [0, 0.05) is 25.3 Å². The predicted octanol–water partition coefficient (Wildman–Crippen LogP) is 3.85. The van der Waals surface area contributed by atoms with Gasteiger partial charge in [-0.05, 0) is 45.7 Å². The third-order valence-corrected chi connectivity index (χ3v) is 5.77. The molecular weight excluding hydrogens is 434 g/mol. The lowest BCUT2D eigenvalue weighted by Gasteiger charge is -2.30. The zero-order valence-corrected chi connectivity index (χ0v) is 20.5. The van der Waals surface area contributed by atoms with Crippen molar-refractivity contribution in [3.63, 3.8) is 0 Å². The van der Waals surface area contributed by atoms with E-state index in [2.05, 4.69) is 26.1 Å². The van der Waals surface area contributed by atoms with Crippen LogP contribution in [-0.2, 0) is 21.5 Å². The summed E-state index contributed by atoms with van der Waals surface area (Å²) in [5, 5.41) is 12.9. The van der Waals surface area contributed by atoms with E-state index in [4.69, 9.17) is 4.52 Å². The summed E-state index contributed by atoms with van der Waals surface area (Å²) in [7, 11) is 0. The molecule has 3 rings (SSSR count). The van der Waals surface area contributed by atoms with Crippen molar-refractivity contribution in [3.8, 4) is 0 Å². The molecule has 9 heteroatoms. The van der Waals surface area contributed by atoms with E-state index in [9.17, 15) is 14.4 Å². The van der Waals surface area contributed by atoms with Crippen molar-refractivity contribution in [1.29, 1.82) is 0 Å². The molecule has 0 radical (unpaired) electrons. The number of carbonyl (C=O) groups excluding carboxylic acids is 3. The molecule has 3 N–H and O–H groups in total. The Labute approximate surface area is 200 Å². The summed E-state index contributed by atoms with van der Waals surface area (Å²) in [6.07, 6.45) is 6.08. The summed E-state index contributed by atoms with van der Waals surface area (Å²) in [5.41, 5.74) is -0.165. The lowest BCUT2D eigenvalue weighted by molar-refractivity contribution is -0.121. The SMILES string of the molecule is CC(=O)NC1(c2noc(CCC(=O)Nc3ccccc3C(=O)NC(C)(C)C)n2)CCCCCC1. The van der Waals surface area contributed by atoms with Gasteiger partial charge in [-0.15, -0.1) is 0 Å². The molecule has 1 aromatic carbocycles. The van der Waals surface area contributed by atoms with Gasteiger partial charge in [-0.3, -0.25) is 14.4 Å². The molecular formula is C25H35N5O4. The fraction of sp³-hybridized carbons (Fsp3) is 0.560. The lowest BCUT2D eigenvalue weighted by atomic mass is 9.89. The van der Waals surface area contributed by atoms with Gasteiger partial charge in [-0.2, -0.15) is 4.98 Å². The Morgan fingerprint density at radius 2 is 1.74 bits per heavy atom. The van der Waals surface area contributed by atoms with Gasteiger partial charge in [-0.25, -0.2) is 0 Å². The van der Waals surface area contributed by atoms with Crippen molar-refractivity contribution >= 4 is 23.4 Å². The fourth-order valence-corrected chi connectivity index (χ4v) is 4.26. The van der Waals surface area contributed by atoms with Crippen LogP contribution in [0.1, 0.15) is 94.7 Å². The number of hydrogen-bond acceptors (Lipinski definition) is 6. The number of aromatic nitrogens is 2. The summed E-state index contributed by atoms with van der Waals surface area (Å²) in [5.74, 6) is 0.183. The molecule has 1 saturated carbocycles. The zero-order valence-electron chi connectivity index (χ0n) is 20.5. The molecule has 0 spiro atoms. The molecule has 34 heavy (non-hydrogen) atoms. The standard InChI is InChI=1S/C25H35N5O4/c1-17(31)28-25(15-9-5-6-10-16-25)23-27-21(34-30-23)14-13-20(32)26-19-12-8-7-11-18(19)22(33)29-24(2,3)4/h7-8,11-12H,5-6,9-10,13-16H2,1-4H3,(H,26,32)(H,28,31)(H,29,33). The maximum absolute atomic E-state index is 12.6. The van der Waals surface area contributed by atoms with Gasteiger partial charge in [0.15, 0.2) is 5.82 Å².